The molecule has 1 nitrogen and oxygen atoms in total. The summed E-state index contributed by atoms with van der Waals surface area (Å²) in [5.41, 5.74) is 2.31. The zero-order valence-electron chi connectivity index (χ0n) is 11.4. The molecule has 0 amide bonds. The van der Waals surface area contributed by atoms with Crippen molar-refractivity contribution in [3.63, 3.8) is 0 Å². The Labute approximate surface area is 115 Å². The summed E-state index contributed by atoms with van der Waals surface area (Å²) in [6.07, 6.45) is 1.01. The van der Waals surface area contributed by atoms with Gasteiger partial charge in [0.25, 0.3) is 0 Å². The van der Waals surface area contributed by atoms with E-state index in [2.05, 4.69) is 30.9 Å². The van der Waals surface area contributed by atoms with Gasteiger partial charge in [-0.05, 0) is 36.2 Å². The quantitative estimate of drug-likeness (QED) is 0.740. The lowest BCUT2D eigenvalue weighted by Gasteiger charge is -2.09. The van der Waals surface area contributed by atoms with Crippen LogP contribution in [0, 0.1) is 11.8 Å². The minimum absolute atomic E-state index is 0.270. The van der Waals surface area contributed by atoms with Crippen molar-refractivity contribution in [2.75, 3.05) is 7.11 Å². The first-order chi connectivity index (χ1) is 9.33. The summed E-state index contributed by atoms with van der Waals surface area (Å²) < 4.78 is 5.18. The molecular formula is C18H18O. The molecule has 0 aromatic heterocycles. The van der Waals surface area contributed by atoms with Gasteiger partial charge in [-0.25, -0.2) is 0 Å². The molecule has 0 spiro atoms. The highest BCUT2D eigenvalue weighted by Gasteiger charge is 2.05. The summed E-state index contributed by atoms with van der Waals surface area (Å²) >= 11 is 0. The fraction of sp³-hybridized carbons (Fsp3) is 0.222. The van der Waals surface area contributed by atoms with Crippen LogP contribution in [-0.4, -0.2) is 7.11 Å². The second-order valence-electron chi connectivity index (χ2n) is 4.37. The third kappa shape index (κ3) is 3.63. The van der Waals surface area contributed by atoms with Gasteiger partial charge in [0, 0.05) is 11.5 Å². The Morgan fingerprint density at radius 1 is 1.00 bits per heavy atom. The predicted molar refractivity (Wildman–Crippen MR) is 79.3 cm³/mol. The highest BCUT2D eigenvalue weighted by Crippen LogP contribution is 2.21. The Balaban J connectivity index is 2.18. The smallest absolute Gasteiger partial charge is 0.118 e. The normalized spacial score (nSPS) is 11.3. The fourth-order valence-electron chi connectivity index (χ4n) is 1.95. The lowest BCUT2D eigenvalue weighted by molar-refractivity contribution is 0.414. The predicted octanol–water partition coefficient (Wildman–Crippen LogP) is 4.24. The van der Waals surface area contributed by atoms with E-state index in [0.717, 1.165) is 17.7 Å². The molecule has 1 atom stereocenters. The van der Waals surface area contributed by atoms with Gasteiger partial charge in [0.15, 0.2) is 0 Å². The second-order valence-corrected chi connectivity index (χ2v) is 4.37. The summed E-state index contributed by atoms with van der Waals surface area (Å²) in [6.45, 7) is 2.16. The topological polar surface area (TPSA) is 9.23 Å². The van der Waals surface area contributed by atoms with Crippen LogP contribution >= 0.6 is 0 Å². The van der Waals surface area contributed by atoms with Gasteiger partial charge in [-0.1, -0.05) is 49.1 Å². The molecule has 0 fully saturated rings. The minimum atomic E-state index is 0.270. The maximum atomic E-state index is 5.18. The van der Waals surface area contributed by atoms with E-state index in [1.54, 1.807) is 7.11 Å². The van der Waals surface area contributed by atoms with Crippen molar-refractivity contribution >= 4 is 0 Å². The molecule has 0 saturated carbocycles. The van der Waals surface area contributed by atoms with Gasteiger partial charge < -0.3 is 4.74 Å². The van der Waals surface area contributed by atoms with Gasteiger partial charge in [-0.3, -0.25) is 0 Å². The number of hydrogen-bond acceptors (Lipinski definition) is 1. The monoisotopic (exact) mass is 250 g/mol. The molecule has 0 radical (unpaired) electrons. The highest BCUT2D eigenvalue weighted by molar-refractivity contribution is 5.39. The van der Waals surface area contributed by atoms with Crippen molar-refractivity contribution in [3.8, 4) is 17.6 Å². The molecule has 2 aromatic rings. The van der Waals surface area contributed by atoms with Crippen LogP contribution in [-0.2, 0) is 0 Å². The highest BCUT2D eigenvalue weighted by atomic mass is 16.5. The van der Waals surface area contributed by atoms with Crippen LogP contribution in [0.25, 0.3) is 0 Å². The van der Waals surface area contributed by atoms with Gasteiger partial charge in [0.2, 0.25) is 0 Å². The summed E-state index contributed by atoms with van der Waals surface area (Å²) in [7, 11) is 1.68. The van der Waals surface area contributed by atoms with E-state index in [4.69, 9.17) is 4.74 Å². The van der Waals surface area contributed by atoms with Crippen LogP contribution < -0.4 is 4.74 Å². The van der Waals surface area contributed by atoms with Crippen molar-refractivity contribution in [2.45, 2.75) is 19.3 Å². The standard InChI is InChI=1S/C18H18O/c1-3-16(10-9-15-7-5-4-6-8-15)17-11-13-18(19-2)14-12-17/h4-8,11-14,16H,3H2,1-2H3. The maximum absolute atomic E-state index is 5.18. The first-order valence-corrected chi connectivity index (χ1v) is 6.54. The molecular weight excluding hydrogens is 232 g/mol. The number of ether oxygens (including phenoxy) is 1. The Kier molecular flexibility index (Phi) is 4.64. The Morgan fingerprint density at radius 3 is 2.26 bits per heavy atom. The van der Waals surface area contributed by atoms with E-state index in [1.165, 1.54) is 5.56 Å². The van der Waals surface area contributed by atoms with Crippen molar-refractivity contribution in [2.24, 2.45) is 0 Å². The number of methoxy groups -OCH3 is 1. The summed E-state index contributed by atoms with van der Waals surface area (Å²) in [4.78, 5) is 0. The molecule has 0 N–H and O–H groups in total. The van der Waals surface area contributed by atoms with Crippen LogP contribution in [0.4, 0.5) is 0 Å². The van der Waals surface area contributed by atoms with Gasteiger partial charge in [0.05, 0.1) is 7.11 Å². The fourth-order valence-corrected chi connectivity index (χ4v) is 1.95. The molecule has 0 aliphatic rings. The van der Waals surface area contributed by atoms with E-state index >= 15 is 0 Å². The molecule has 1 heteroatoms. The Bertz CT molecular complexity index is 558. The van der Waals surface area contributed by atoms with E-state index in [-0.39, 0.29) is 5.92 Å². The number of hydrogen-bond donors (Lipinski definition) is 0. The number of benzene rings is 2. The summed E-state index contributed by atoms with van der Waals surface area (Å²) in [5, 5.41) is 0. The SMILES string of the molecule is CCC(C#Cc1ccccc1)c1ccc(OC)cc1. The van der Waals surface area contributed by atoms with E-state index in [1.807, 2.05) is 42.5 Å². The van der Waals surface area contributed by atoms with Gasteiger partial charge in [-0.15, -0.1) is 0 Å². The van der Waals surface area contributed by atoms with E-state index in [0.29, 0.717) is 0 Å². The molecule has 0 saturated heterocycles. The van der Waals surface area contributed by atoms with Crippen LogP contribution in [0.1, 0.15) is 30.4 Å². The molecule has 1 unspecified atom stereocenters. The molecule has 2 aromatic carbocycles. The molecule has 2 rings (SSSR count). The van der Waals surface area contributed by atoms with Crippen LogP contribution in [0.15, 0.2) is 54.6 Å². The molecule has 96 valence electrons. The van der Waals surface area contributed by atoms with Gasteiger partial charge in [-0.2, -0.15) is 0 Å². The lowest BCUT2D eigenvalue weighted by Crippen LogP contribution is -1.94. The largest absolute Gasteiger partial charge is 0.497 e. The van der Waals surface area contributed by atoms with E-state index < -0.39 is 0 Å². The summed E-state index contributed by atoms with van der Waals surface area (Å²) in [6, 6.07) is 18.3. The van der Waals surface area contributed by atoms with Crippen molar-refractivity contribution in [1.82, 2.24) is 0 Å². The molecule has 0 aliphatic carbocycles. The summed E-state index contributed by atoms with van der Waals surface area (Å²) in [5.74, 6) is 7.74. The maximum Gasteiger partial charge on any atom is 0.118 e. The lowest BCUT2D eigenvalue weighted by atomic mass is 9.96. The third-order valence-electron chi connectivity index (χ3n) is 3.09. The van der Waals surface area contributed by atoms with Crippen molar-refractivity contribution < 1.29 is 4.74 Å². The average Bonchev–Trinajstić information content (AvgIpc) is 2.49. The number of rotatable bonds is 3. The molecule has 19 heavy (non-hydrogen) atoms. The Morgan fingerprint density at radius 2 is 1.68 bits per heavy atom. The van der Waals surface area contributed by atoms with Crippen molar-refractivity contribution in [3.05, 3.63) is 65.7 Å². The van der Waals surface area contributed by atoms with Gasteiger partial charge in [0.1, 0.15) is 5.75 Å². The Hall–Kier alpha value is -2.20. The third-order valence-corrected chi connectivity index (χ3v) is 3.09. The minimum Gasteiger partial charge on any atom is -0.497 e. The molecule has 0 heterocycles. The van der Waals surface area contributed by atoms with Crippen LogP contribution in [0.5, 0.6) is 5.75 Å². The first-order valence-electron chi connectivity index (χ1n) is 6.54. The van der Waals surface area contributed by atoms with Gasteiger partial charge >= 0.3 is 0 Å². The molecule has 0 aliphatic heterocycles. The van der Waals surface area contributed by atoms with Crippen LogP contribution in [0.3, 0.4) is 0 Å². The average molecular weight is 250 g/mol. The van der Waals surface area contributed by atoms with E-state index in [9.17, 15) is 0 Å². The zero-order chi connectivity index (χ0) is 13.5. The molecule has 0 bridgehead atoms. The second kappa shape index (κ2) is 6.66. The van der Waals surface area contributed by atoms with Crippen molar-refractivity contribution in [1.29, 1.82) is 0 Å². The zero-order valence-corrected chi connectivity index (χ0v) is 11.4. The first kappa shape index (κ1) is 13.2. The van der Waals surface area contributed by atoms with Crippen LogP contribution in [0.2, 0.25) is 0 Å².